The van der Waals surface area contributed by atoms with Crippen LogP contribution in [-0.4, -0.2) is 43.8 Å². The molecule has 1 heterocycles. The number of benzene rings is 1. The highest BCUT2D eigenvalue weighted by molar-refractivity contribution is 5.14. The summed E-state index contributed by atoms with van der Waals surface area (Å²) >= 11 is 0. The van der Waals surface area contributed by atoms with Gasteiger partial charge in [0.1, 0.15) is 0 Å². The van der Waals surface area contributed by atoms with Gasteiger partial charge in [-0.05, 0) is 12.5 Å². The Hall–Kier alpha value is -0.900. The summed E-state index contributed by atoms with van der Waals surface area (Å²) in [5, 5.41) is 3.56. The maximum absolute atomic E-state index is 5.35. The molecule has 1 fully saturated rings. The molecule has 2 rings (SSSR count). The van der Waals surface area contributed by atoms with Crippen molar-refractivity contribution >= 4 is 0 Å². The van der Waals surface area contributed by atoms with E-state index in [1.54, 1.807) is 0 Å². The van der Waals surface area contributed by atoms with Crippen molar-refractivity contribution in [2.45, 2.75) is 19.5 Å². The molecule has 1 atom stereocenters. The molecular weight excluding hydrogens is 212 g/mol. The minimum atomic E-state index is 0.522. The van der Waals surface area contributed by atoms with E-state index in [1.807, 2.05) is 0 Å². The molecule has 1 aliphatic rings. The lowest BCUT2D eigenvalue weighted by atomic mass is 10.2. The van der Waals surface area contributed by atoms with Crippen LogP contribution in [0.5, 0.6) is 0 Å². The summed E-state index contributed by atoms with van der Waals surface area (Å²) in [6.45, 7) is 8.20. The van der Waals surface area contributed by atoms with Crippen LogP contribution in [0.25, 0.3) is 0 Å². The molecule has 0 saturated carbocycles. The van der Waals surface area contributed by atoms with Crippen molar-refractivity contribution in [2.75, 3.05) is 32.8 Å². The van der Waals surface area contributed by atoms with Gasteiger partial charge in [0, 0.05) is 32.2 Å². The number of hydrogen-bond donors (Lipinski definition) is 1. The van der Waals surface area contributed by atoms with E-state index in [2.05, 4.69) is 47.5 Å². The fraction of sp³-hybridized carbons (Fsp3) is 0.571. The standard InChI is InChI=1S/C14H22N2O/c1-13(12-16-7-9-17-10-8-16)15-11-14-5-3-2-4-6-14/h2-6,13,15H,7-12H2,1H3/t13-/m0/s1. The molecule has 0 aliphatic carbocycles. The minimum absolute atomic E-state index is 0.522. The SMILES string of the molecule is C[C@@H](CN1CCOCC1)NCc1ccccc1. The van der Waals surface area contributed by atoms with Crippen LogP contribution in [0, 0.1) is 0 Å². The van der Waals surface area contributed by atoms with Crippen molar-refractivity contribution in [3.05, 3.63) is 35.9 Å². The predicted octanol–water partition coefficient (Wildman–Crippen LogP) is 1.50. The van der Waals surface area contributed by atoms with Crippen molar-refractivity contribution in [2.24, 2.45) is 0 Å². The number of morpholine rings is 1. The zero-order valence-corrected chi connectivity index (χ0v) is 10.6. The molecule has 1 saturated heterocycles. The fourth-order valence-corrected chi connectivity index (χ4v) is 2.12. The third-order valence-electron chi connectivity index (χ3n) is 3.13. The van der Waals surface area contributed by atoms with Gasteiger partial charge in [0.25, 0.3) is 0 Å². The number of nitrogens with zero attached hydrogens (tertiary/aromatic N) is 1. The summed E-state index contributed by atoms with van der Waals surface area (Å²) in [4.78, 5) is 2.46. The quantitative estimate of drug-likeness (QED) is 0.835. The molecule has 3 nitrogen and oxygen atoms in total. The molecular formula is C14H22N2O. The van der Waals surface area contributed by atoms with E-state index in [9.17, 15) is 0 Å². The minimum Gasteiger partial charge on any atom is -0.379 e. The van der Waals surface area contributed by atoms with E-state index in [-0.39, 0.29) is 0 Å². The smallest absolute Gasteiger partial charge is 0.0594 e. The highest BCUT2D eigenvalue weighted by Gasteiger charge is 2.12. The maximum Gasteiger partial charge on any atom is 0.0594 e. The summed E-state index contributed by atoms with van der Waals surface area (Å²) in [7, 11) is 0. The van der Waals surface area contributed by atoms with Gasteiger partial charge in [-0.15, -0.1) is 0 Å². The summed E-state index contributed by atoms with van der Waals surface area (Å²) < 4.78 is 5.35. The van der Waals surface area contributed by atoms with E-state index in [0.29, 0.717) is 6.04 Å². The Kier molecular flexibility index (Phi) is 4.98. The van der Waals surface area contributed by atoms with Gasteiger partial charge in [-0.3, -0.25) is 4.90 Å². The number of nitrogens with one attached hydrogen (secondary N) is 1. The molecule has 3 heteroatoms. The van der Waals surface area contributed by atoms with Crippen molar-refractivity contribution in [3.8, 4) is 0 Å². The van der Waals surface area contributed by atoms with Gasteiger partial charge >= 0.3 is 0 Å². The average molecular weight is 234 g/mol. The second kappa shape index (κ2) is 6.74. The molecule has 0 aromatic heterocycles. The molecule has 1 aromatic rings. The van der Waals surface area contributed by atoms with Crippen LogP contribution >= 0.6 is 0 Å². The van der Waals surface area contributed by atoms with Crippen molar-refractivity contribution < 1.29 is 4.74 Å². The normalized spacial score (nSPS) is 19.1. The van der Waals surface area contributed by atoms with Crippen LogP contribution in [-0.2, 0) is 11.3 Å². The number of ether oxygens (including phenoxy) is 1. The molecule has 17 heavy (non-hydrogen) atoms. The fourth-order valence-electron chi connectivity index (χ4n) is 2.12. The van der Waals surface area contributed by atoms with Crippen LogP contribution in [0.3, 0.4) is 0 Å². The molecule has 0 unspecified atom stereocenters. The van der Waals surface area contributed by atoms with Gasteiger partial charge in [-0.1, -0.05) is 30.3 Å². The lowest BCUT2D eigenvalue weighted by Crippen LogP contribution is -2.44. The largest absolute Gasteiger partial charge is 0.379 e. The monoisotopic (exact) mass is 234 g/mol. The third kappa shape index (κ3) is 4.46. The van der Waals surface area contributed by atoms with Gasteiger partial charge in [-0.25, -0.2) is 0 Å². The van der Waals surface area contributed by atoms with Crippen LogP contribution in [0.15, 0.2) is 30.3 Å². The van der Waals surface area contributed by atoms with Gasteiger partial charge in [0.2, 0.25) is 0 Å². The molecule has 1 N–H and O–H groups in total. The summed E-state index contributed by atoms with van der Waals surface area (Å²) in [5.41, 5.74) is 1.35. The van der Waals surface area contributed by atoms with Crippen molar-refractivity contribution in [3.63, 3.8) is 0 Å². The zero-order chi connectivity index (χ0) is 11.9. The summed E-state index contributed by atoms with van der Waals surface area (Å²) in [6.07, 6.45) is 0. The second-order valence-electron chi connectivity index (χ2n) is 4.68. The first-order chi connectivity index (χ1) is 8.34. The first-order valence-electron chi connectivity index (χ1n) is 6.42. The van der Waals surface area contributed by atoms with E-state index >= 15 is 0 Å². The Morgan fingerprint density at radius 2 is 1.94 bits per heavy atom. The first-order valence-corrected chi connectivity index (χ1v) is 6.42. The summed E-state index contributed by atoms with van der Waals surface area (Å²) in [5.74, 6) is 0. The highest BCUT2D eigenvalue weighted by Crippen LogP contribution is 2.01. The Bertz CT molecular complexity index is 309. The van der Waals surface area contributed by atoms with Crippen molar-refractivity contribution in [1.29, 1.82) is 0 Å². The van der Waals surface area contributed by atoms with Crippen molar-refractivity contribution in [1.82, 2.24) is 10.2 Å². The molecule has 0 radical (unpaired) electrons. The van der Waals surface area contributed by atoms with E-state index in [0.717, 1.165) is 39.4 Å². The highest BCUT2D eigenvalue weighted by atomic mass is 16.5. The summed E-state index contributed by atoms with van der Waals surface area (Å²) in [6, 6.07) is 11.1. The molecule has 0 bridgehead atoms. The van der Waals surface area contributed by atoms with Gasteiger partial charge in [0.15, 0.2) is 0 Å². The lowest BCUT2D eigenvalue weighted by molar-refractivity contribution is 0.0343. The van der Waals surface area contributed by atoms with Gasteiger partial charge in [-0.2, -0.15) is 0 Å². The maximum atomic E-state index is 5.35. The lowest BCUT2D eigenvalue weighted by Gasteiger charge is -2.29. The Balaban J connectivity index is 1.68. The van der Waals surface area contributed by atoms with Gasteiger partial charge < -0.3 is 10.1 Å². The third-order valence-corrected chi connectivity index (χ3v) is 3.13. The van der Waals surface area contributed by atoms with E-state index in [4.69, 9.17) is 4.74 Å². The predicted molar refractivity (Wildman–Crippen MR) is 70.0 cm³/mol. The van der Waals surface area contributed by atoms with Crippen LogP contribution in [0.2, 0.25) is 0 Å². The second-order valence-corrected chi connectivity index (χ2v) is 4.68. The van der Waals surface area contributed by atoms with Crippen LogP contribution in [0.4, 0.5) is 0 Å². The molecule has 1 aliphatic heterocycles. The van der Waals surface area contributed by atoms with E-state index < -0.39 is 0 Å². The zero-order valence-electron chi connectivity index (χ0n) is 10.6. The van der Waals surface area contributed by atoms with E-state index in [1.165, 1.54) is 5.56 Å². The topological polar surface area (TPSA) is 24.5 Å². The molecule has 0 spiro atoms. The molecule has 1 aromatic carbocycles. The number of rotatable bonds is 5. The Labute approximate surface area is 104 Å². The number of hydrogen-bond acceptors (Lipinski definition) is 3. The van der Waals surface area contributed by atoms with Gasteiger partial charge in [0.05, 0.1) is 13.2 Å². The first kappa shape index (κ1) is 12.6. The average Bonchev–Trinajstić information content (AvgIpc) is 2.39. The van der Waals surface area contributed by atoms with Crippen LogP contribution < -0.4 is 5.32 Å². The van der Waals surface area contributed by atoms with Crippen LogP contribution in [0.1, 0.15) is 12.5 Å². The Morgan fingerprint density at radius 3 is 2.65 bits per heavy atom. The molecule has 94 valence electrons. The molecule has 0 amide bonds. The Morgan fingerprint density at radius 1 is 1.24 bits per heavy atom.